The predicted molar refractivity (Wildman–Crippen MR) is 72.7 cm³/mol. The molecule has 1 heterocycles. The molecule has 1 aromatic carbocycles. The number of pyridine rings is 1. The molecule has 0 atom stereocenters. The predicted octanol–water partition coefficient (Wildman–Crippen LogP) is 2.59. The molecular formula is C14H15N3O2. The van der Waals surface area contributed by atoms with Crippen LogP contribution in [0.3, 0.4) is 0 Å². The van der Waals surface area contributed by atoms with Crippen molar-refractivity contribution in [3.8, 4) is 11.6 Å². The summed E-state index contributed by atoms with van der Waals surface area (Å²) >= 11 is 0. The summed E-state index contributed by atoms with van der Waals surface area (Å²) in [6.45, 7) is 4.05. The van der Waals surface area contributed by atoms with E-state index in [-0.39, 0.29) is 5.84 Å². The monoisotopic (exact) mass is 257 g/mol. The van der Waals surface area contributed by atoms with E-state index >= 15 is 0 Å². The average Bonchev–Trinajstić information content (AvgIpc) is 2.42. The molecule has 0 spiro atoms. The molecule has 0 unspecified atom stereocenters. The second-order valence-electron chi connectivity index (χ2n) is 4.22. The van der Waals surface area contributed by atoms with Crippen molar-refractivity contribution in [3.63, 3.8) is 0 Å². The first kappa shape index (κ1) is 12.9. The molecule has 0 aliphatic rings. The number of oxime groups is 1. The molecule has 1 aromatic heterocycles. The fraction of sp³-hybridized carbons (Fsp3) is 0.143. The number of amidine groups is 1. The first-order valence-corrected chi connectivity index (χ1v) is 5.79. The van der Waals surface area contributed by atoms with Gasteiger partial charge in [0, 0.05) is 17.8 Å². The highest BCUT2D eigenvalue weighted by atomic mass is 16.5. The van der Waals surface area contributed by atoms with Crippen LogP contribution in [0.25, 0.3) is 0 Å². The van der Waals surface area contributed by atoms with Crippen molar-refractivity contribution in [1.82, 2.24) is 4.98 Å². The molecule has 0 bridgehead atoms. The van der Waals surface area contributed by atoms with E-state index in [0.29, 0.717) is 17.2 Å². The first-order chi connectivity index (χ1) is 9.10. The van der Waals surface area contributed by atoms with E-state index in [1.807, 2.05) is 32.0 Å². The smallest absolute Gasteiger partial charge is 0.219 e. The standard InChI is InChI=1S/C14H15N3O2/c1-9-3-4-12(7-10(9)2)19-13-8-11(5-6-16-13)14(15)17-18/h3-8,18H,1-2H3,(H2,15,17). The molecule has 5 heteroatoms. The highest BCUT2D eigenvalue weighted by Gasteiger charge is 2.04. The first-order valence-electron chi connectivity index (χ1n) is 5.79. The minimum Gasteiger partial charge on any atom is -0.439 e. The molecule has 2 aromatic rings. The zero-order chi connectivity index (χ0) is 13.8. The van der Waals surface area contributed by atoms with E-state index in [9.17, 15) is 0 Å². The van der Waals surface area contributed by atoms with E-state index in [1.165, 1.54) is 5.56 Å². The van der Waals surface area contributed by atoms with E-state index in [0.717, 1.165) is 5.56 Å². The number of benzene rings is 1. The lowest BCUT2D eigenvalue weighted by atomic mass is 10.1. The molecule has 5 nitrogen and oxygen atoms in total. The fourth-order valence-corrected chi connectivity index (χ4v) is 1.58. The summed E-state index contributed by atoms with van der Waals surface area (Å²) in [6.07, 6.45) is 1.55. The summed E-state index contributed by atoms with van der Waals surface area (Å²) in [6, 6.07) is 9.05. The third-order valence-electron chi connectivity index (χ3n) is 2.84. The molecule has 0 aliphatic carbocycles. The number of hydrogen-bond acceptors (Lipinski definition) is 4. The topological polar surface area (TPSA) is 80.7 Å². The van der Waals surface area contributed by atoms with Crippen LogP contribution in [0.1, 0.15) is 16.7 Å². The minimum atomic E-state index is 0.0207. The van der Waals surface area contributed by atoms with Crippen LogP contribution >= 0.6 is 0 Å². The second kappa shape index (κ2) is 5.39. The van der Waals surface area contributed by atoms with Crippen molar-refractivity contribution in [2.75, 3.05) is 0 Å². The number of rotatable bonds is 3. The largest absolute Gasteiger partial charge is 0.439 e. The number of nitrogens with two attached hydrogens (primary N) is 1. The Hall–Kier alpha value is -2.56. The maximum atomic E-state index is 8.64. The Kier molecular flexibility index (Phi) is 3.66. The summed E-state index contributed by atoms with van der Waals surface area (Å²) in [4.78, 5) is 4.09. The molecular weight excluding hydrogens is 242 g/mol. The SMILES string of the molecule is Cc1ccc(Oc2cc(/C(N)=N/O)ccn2)cc1C. The van der Waals surface area contributed by atoms with E-state index in [2.05, 4.69) is 10.1 Å². The van der Waals surface area contributed by atoms with Crippen molar-refractivity contribution >= 4 is 5.84 Å². The van der Waals surface area contributed by atoms with Gasteiger partial charge in [-0.05, 0) is 43.2 Å². The number of aryl methyl sites for hydroxylation is 2. The third-order valence-corrected chi connectivity index (χ3v) is 2.84. The minimum absolute atomic E-state index is 0.0207. The van der Waals surface area contributed by atoms with Gasteiger partial charge in [-0.25, -0.2) is 4.98 Å². The van der Waals surface area contributed by atoms with Crippen molar-refractivity contribution < 1.29 is 9.94 Å². The molecule has 0 amide bonds. The number of hydrogen-bond donors (Lipinski definition) is 2. The average molecular weight is 257 g/mol. The molecule has 0 fully saturated rings. The lowest BCUT2D eigenvalue weighted by molar-refractivity contribution is 0.318. The van der Waals surface area contributed by atoms with E-state index in [4.69, 9.17) is 15.7 Å². The number of nitrogens with zero attached hydrogens (tertiary/aromatic N) is 2. The van der Waals surface area contributed by atoms with Gasteiger partial charge in [0.15, 0.2) is 5.84 Å². The van der Waals surface area contributed by atoms with Crippen LogP contribution in [0.4, 0.5) is 0 Å². The lowest BCUT2D eigenvalue weighted by Crippen LogP contribution is -2.13. The summed E-state index contributed by atoms with van der Waals surface area (Å²) in [7, 11) is 0. The van der Waals surface area contributed by atoms with Crippen molar-refractivity contribution in [1.29, 1.82) is 0 Å². The molecule has 3 N–H and O–H groups in total. The van der Waals surface area contributed by atoms with Gasteiger partial charge in [-0.15, -0.1) is 0 Å². The Morgan fingerprint density at radius 3 is 2.68 bits per heavy atom. The second-order valence-corrected chi connectivity index (χ2v) is 4.22. The quantitative estimate of drug-likeness (QED) is 0.383. The fourth-order valence-electron chi connectivity index (χ4n) is 1.58. The molecule has 98 valence electrons. The Bertz CT molecular complexity index is 624. The van der Waals surface area contributed by atoms with E-state index in [1.54, 1.807) is 18.3 Å². The van der Waals surface area contributed by atoms with Gasteiger partial charge in [0.25, 0.3) is 0 Å². The molecule has 2 rings (SSSR count). The molecule has 0 saturated carbocycles. The van der Waals surface area contributed by atoms with Crippen LogP contribution in [0.15, 0.2) is 41.7 Å². The van der Waals surface area contributed by atoms with Gasteiger partial charge in [0.2, 0.25) is 5.88 Å². The number of aromatic nitrogens is 1. The van der Waals surface area contributed by atoms with Crippen molar-refractivity contribution in [2.45, 2.75) is 13.8 Å². The maximum absolute atomic E-state index is 8.64. The Balaban J connectivity index is 2.26. The molecule has 19 heavy (non-hydrogen) atoms. The van der Waals surface area contributed by atoms with Crippen molar-refractivity contribution in [3.05, 3.63) is 53.2 Å². The molecule has 0 radical (unpaired) electrons. The van der Waals surface area contributed by atoms with Crippen LogP contribution in [0.2, 0.25) is 0 Å². The van der Waals surface area contributed by atoms with Gasteiger partial charge in [0.05, 0.1) is 0 Å². The van der Waals surface area contributed by atoms with Crippen LogP contribution in [-0.2, 0) is 0 Å². The van der Waals surface area contributed by atoms with Gasteiger partial charge in [0.1, 0.15) is 5.75 Å². The summed E-state index contributed by atoms with van der Waals surface area (Å²) in [5.41, 5.74) is 8.41. The Labute approximate surface area is 111 Å². The zero-order valence-electron chi connectivity index (χ0n) is 10.8. The lowest BCUT2D eigenvalue weighted by Gasteiger charge is -2.08. The number of ether oxygens (including phenoxy) is 1. The van der Waals surface area contributed by atoms with Crippen molar-refractivity contribution in [2.24, 2.45) is 10.9 Å². The van der Waals surface area contributed by atoms with Crippen LogP contribution in [0, 0.1) is 13.8 Å². The van der Waals surface area contributed by atoms with Crippen LogP contribution < -0.4 is 10.5 Å². The normalized spacial score (nSPS) is 11.4. The van der Waals surface area contributed by atoms with Gasteiger partial charge in [-0.2, -0.15) is 0 Å². The van der Waals surface area contributed by atoms with Gasteiger partial charge < -0.3 is 15.7 Å². The summed E-state index contributed by atoms with van der Waals surface area (Å²) < 4.78 is 5.65. The highest BCUT2D eigenvalue weighted by Crippen LogP contribution is 2.22. The van der Waals surface area contributed by atoms with Gasteiger partial charge >= 0.3 is 0 Å². The summed E-state index contributed by atoms with van der Waals surface area (Å²) in [5, 5.41) is 11.6. The molecule has 0 saturated heterocycles. The van der Waals surface area contributed by atoms with Gasteiger partial charge in [-0.1, -0.05) is 11.2 Å². The van der Waals surface area contributed by atoms with Gasteiger partial charge in [-0.3, -0.25) is 0 Å². The van der Waals surface area contributed by atoms with E-state index < -0.39 is 0 Å². The Morgan fingerprint density at radius 2 is 2.00 bits per heavy atom. The van der Waals surface area contributed by atoms with Crippen LogP contribution in [0.5, 0.6) is 11.6 Å². The summed E-state index contributed by atoms with van der Waals surface area (Å²) in [5.74, 6) is 1.12. The Morgan fingerprint density at radius 1 is 1.21 bits per heavy atom. The van der Waals surface area contributed by atoms with Crippen LogP contribution in [-0.4, -0.2) is 16.0 Å². The highest BCUT2D eigenvalue weighted by molar-refractivity contribution is 5.97. The maximum Gasteiger partial charge on any atom is 0.219 e. The molecule has 0 aliphatic heterocycles. The third kappa shape index (κ3) is 3.01. The zero-order valence-corrected chi connectivity index (χ0v) is 10.8.